The molecule has 0 unspecified atom stereocenters. The number of aromatic carboxylic acids is 1. The molecule has 2 N–H and O–H groups in total. The lowest BCUT2D eigenvalue weighted by atomic mass is 10.0. The van der Waals surface area contributed by atoms with E-state index < -0.39 is 5.97 Å². The minimum absolute atomic E-state index is 0.346. The van der Waals surface area contributed by atoms with Crippen molar-refractivity contribution in [2.75, 3.05) is 13.7 Å². The summed E-state index contributed by atoms with van der Waals surface area (Å²) in [5.74, 6) is 0.169. The van der Waals surface area contributed by atoms with E-state index in [4.69, 9.17) is 4.74 Å². The van der Waals surface area contributed by atoms with E-state index in [1.807, 2.05) is 47.9 Å². The molecular formula is C22H26N2O3. The lowest BCUT2D eigenvalue weighted by Crippen LogP contribution is -2.21. The quantitative estimate of drug-likeness (QED) is 0.625. The van der Waals surface area contributed by atoms with Gasteiger partial charge >= 0.3 is 5.97 Å². The molecule has 0 aliphatic rings. The molecule has 0 saturated heterocycles. The maximum Gasteiger partial charge on any atom is 0.352 e. The summed E-state index contributed by atoms with van der Waals surface area (Å²) in [6.07, 6.45) is 0. The first-order valence-corrected chi connectivity index (χ1v) is 9.24. The third-order valence-electron chi connectivity index (χ3n) is 5.02. The summed E-state index contributed by atoms with van der Waals surface area (Å²) in [4.78, 5) is 12.0. The van der Waals surface area contributed by atoms with Crippen LogP contribution in [0.3, 0.4) is 0 Å². The summed E-state index contributed by atoms with van der Waals surface area (Å²) < 4.78 is 7.16. The van der Waals surface area contributed by atoms with E-state index in [0.717, 1.165) is 28.8 Å². The summed E-state index contributed by atoms with van der Waals surface area (Å²) in [6, 6.07) is 16.0. The Hall–Kier alpha value is -2.79. The standard InChI is InChI=1S/C22H26N2O3/c1-4-24-20-12-17(27-3)10-11-18(20)19(21(24)22(25)26)14-23-13-15(2)16-8-6-5-7-9-16/h5-12,15,23H,4,13-14H2,1-3H3,(H,25,26)/t15-/m1/s1. The van der Waals surface area contributed by atoms with Gasteiger partial charge < -0.3 is 19.7 Å². The van der Waals surface area contributed by atoms with Crippen LogP contribution in [-0.4, -0.2) is 29.3 Å². The Kier molecular flexibility index (Phi) is 5.81. The Morgan fingerprint density at radius 2 is 1.96 bits per heavy atom. The highest BCUT2D eigenvalue weighted by atomic mass is 16.5. The number of rotatable bonds is 8. The smallest absolute Gasteiger partial charge is 0.352 e. The first-order valence-electron chi connectivity index (χ1n) is 9.24. The molecule has 27 heavy (non-hydrogen) atoms. The molecule has 5 heteroatoms. The molecule has 1 atom stereocenters. The number of carboxylic acid groups (broad SMARTS) is 1. The van der Waals surface area contributed by atoms with Gasteiger partial charge in [-0.2, -0.15) is 0 Å². The van der Waals surface area contributed by atoms with Crippen LogP contribution in [0.2, 0.25) is 0 Å². The Bertz CT molecular complexity index is 932. The number of aromatic nitrogens is 1. The SMILES string of the molecule is CCn1c(C(=O)O)c(CNC[C@@H](C)c2ccccc2)c2ccc(OC)cc21. The maximum atomic E-state index is 12.0. The van der Waals surface area contributed by atoms with Gasteiger partial charge in [0, 0.05) is 36.7 Å². The van der Waals surface area contributed by atoms with Crippen LogP contribution in [0.4, 0.5) is 0 Å². The molecule has 0 saturated carbocycles. The molecule has 0 aliphatic carbocycles. The molecule has 0 fully saturated rings. The average molecular weight is 366 g/mol. The van der Waals surface area contributed by atoms with Gasteiger partial charge in [0.25, 0.3) is 0 Å². The second kappa shape index (κ2) is 8.27. The molecule has 1 heterocycles. The van der Waals surface area contributed by atoms with Crippen molar-refractivity contribution in [2.45, 2.75) is 32.9 Å². The molecule has 0 bridgehead atoms. The van der Waals surface area contributed by atoms with Crippen LogP contribution in [0.5, 0.6) is 5.75 Å². The van der Waals surface area contributed by atoms with Gasteiger partial charge in [0.1, 0.15) is 11.4 Å². The van der Waals surface area contributed by atoms with Crippen LogP contribution < -0.4 is 10.1 Å². The van der Waals surface area contributed by atoms with Gasteiger partial charge in [0.2, 0.25) is 0 Å². The molecule has 0 amide bonds. The monoisotopic (exact) mass is 366 g/mol. The lowest BCUT2D eigenvalue weighted by Gasteiger charge is -2.13. The van der Waals surface area contributed by atoms with E-state index in [2.05, 4.69) is 24.4 Å². The third-order valence-corrected chi connectivity index (χ3v) is 5.02. The minimum atomic E-state index is -0.903. The molecular weight excluding hydrogens is 340 g/mol. The third kappa shape index (κ3) is 3.83. The van der Waals surface area contributed by atoms with Gasteiger partial charge in [-0.3, -0.25) is 0 Å². The summed E-state index contributed by atoms with van der Waals surface area (Å²) in [7, 11) is 1.62. The first-order chi connectivity index (χ1) is 13.1. The zero-order chi connectivity index (χ0) is 19.4. The van der Waals surface area contributed by atoms with E-state index in [0.29, 0.717) is 24.7 Å². The maximum absolute atomic E-state index is 12.0. The van der Waals surface area contributed by atoms with Gasteiger partial charge in [-0.25, -0.2) is 4.79 Å². The second-order valence-corrected chi connectivity index (χ2v) is 6.70. The van der Waals surface area contributed by atoms with E-state index in [1.54, 1.807) is 7.11 Å². The zero-order valence-corrected chi connectivity index (χ0v) is 16.0. The number of aryl methyl sites for hydroxylation is 1. The number of fused-ring (bicyclic) bond motifs is 1. The van der Waals surface area contributed by atoms with Crippen molar-refractivity contribution in [3.05, 3.63) is 65.4 Å². The molecule has 0 radical (unpaired) electrons. The van der Waals surface area contributed by atoms with Crippen LogP contribution in [0, 0.1) is 0 Å². The number of benzene rings is 2. The number of methoxy groups -OCH3 is 1. The number of nitrogens with zero attached hydrogens (tertiary/aromatic N) is 1. The van der Waals surface area contributed by atoms with E-state index in [9.17, 15) is 9.90 Å². The zero-order valence-electron chi connectivity index (χ0n) is 16.0. The summed E-state index contributed by atoms with van der Waals surface area (Å²) in [5, 5.41) is 14.2. The molecule has 2 aromatic carbocycles. The molecule has 3 aromatic rings. The van der Waals surface area contributed by atoms with Crippen molar-refractivity contribution in [2.24, 2.45) is 0 Å². The number of hydrogen-bond acceptors (Lipinski definition) is 3. The van der Waals surface area contributed by atoms with E-state index in [1.165, 1.54) is 5.56 Å². The van der Waals surface area contributed by atoms with Crippen LogP contribution in [0.1, 0.15) is 41.4 Å². The Balaban J connectivity index is 1.89. The van der Waals surface area contributed by atoms with Crippen LogP contribution in [0.15, 0.2) is 48.5 Å². The van der Waals surface area contributed by atoms with Crippen molar-refractivity contribution < 1.29 is 14.6 Å². The summed E-state index contributed by atoms with van der Waals surface area (Å²) in [5.41, 5.74) is 3.33. The first kappa shape index (κ1) is 19.0. The highest BCUT2D eigenvalue weighted by Gasteiger charge is 2.22. The number of carbonyl (C=O) groups is 1. The van der Waals surface area contributed by atoms with E-state index >= 15 is 0 Å². The predicted octanol–water partition coefficient (Wildman–Crippen LogP) is 4.26. The Morgan fingerprint density at radius 1 is 1.22 bits per heavy atom. The van der Waals surface area contributed by atoms with Crippen molar-refractivity contribution in [3.8, 4) is 5.75 Å². The molecule has 3 rings (SSSR count). The molecule has 142 valence electrons. The lowest BCUT2D eigenvalue weighted by molar-refractivity contribution is 0.0684. The number of nitrogens with one attached hydrogen (secondary N) is 1. The van der Waals surface area contributed by atoms with Crippen LogP contribution in [-0.2, 0) is 13.1 Å². The highest BCUT2D eigenvalue weighted by Crippen LogP contribution is 2.30. The molecule has 0 aliphatic heterocycles. The van der Waals surface area contributed by atoms with Crippen LogP contribution >= 0.6 is 0 Å². The van der Waals surface area contributed by atoms with Crippen LogP contribution in [0.25, 0.3) is 10.9 Å². The van der Waals surface area contributed by atoms with Gasteiger partial charge in [-0.05, 0) is 30.5 Å². The van der Waals surface area contributed by atoms with Gasteiger partial charge in [0.05, 0.1) is 12.6 Å². The average Bonchev–Trinajstić information content (AvgIpc) is 3.01. The van der Waals surface area contributed by atoms with Gasteiger partial charge in [-0.15, -0.1) is 0 Å². The number of hydrogen-bond donors (Lipinski definition) is 2. The molecule has 1 aromatic heterocycles. The fourth-order valence-corrected chi connectivity index (χ4v) is 3.59. The molecule has 5 nitrogen and oxygen atoms in total. The topological polar surface area (TPSA) is 63.5 Å². The van der Waals surface area contributed by atoms with Crippen molar-refractivity contribution in [1.29, 1.82) is 0 Å². The Labute approximate surface area is 159 Å². The van der Waals surface area contributed by atoms with Gasteiger partial charge in [0.15, 0.2) is 0 Å². The Morgan fingerprint density at radius 3 is 2.59 bits per heavy atom. The van der Waals surface area contributed by atoms with Crippen molar-refractivity contribution >= 4 is 16.9 Å². The number of carboxylic acids is 1. The fourth-order valence-electron chi connectivity index (χ4n) is 3.59. The largest absolute Gasteiger partial charge is 0.497 e. The summed E-state index contributed by atoms with van der Waals surface area (Å²) in [6.45, 7) is 6.00. The van der Waals surface area contributed by atoms with Gasteiger partial charge in [-0.1, -0.05) is 37.3 Å². The highest BCUT2D eigenvalue weighted by molar-refractivity contribution is 5.98. The van der Waals surface area contributed by atoms with Crippen molar-refractivity contribution in [1.82, 2.24) is 9.88 Å². The normalized spacial score (nSPS) is 12.3. The second-order valence-electron chi connectivity index (χ2n) is 6.70. The van der Waals surface area contributed by atoms with Crippen molar-refractivity contribution in [3.63, 3.8) is 0 Å². The molecule has 0 spiro atoms. The number of ether oxygens (including phenoxy) is 1. The van der Waals surface area contributed by atoms with E-state index in [-0.39, 0.29) is 0 Å². The predicted molar refractivity (Wildman–Crippen MR) is 108 cm³/mol. The fraction of sp³-hybridized carbons (Fsp3) is 0.318. The summed E-state index contributed by atoms with van der Waals surface area (Å²) >= 11 is 0. The minimum Gasteiger partial charge on any atom is -0.497 e.